The number of hydrogen-bond acceptors (Lipinski definition) is 5. The summed E-state index contributed by atoms with van der Waals surface area (Å²) in [6, 6.07) is 5.68. The lowest BCUT2D eigenvalue weighted by atomic mass is 10.1. The molecule has 1 saturated heterocycles. The molecule has 114 valence electrons. The summed E-state index contributed by atoms with van der Waals surface area (Å²) in [6.45, 7) is 2.61. The molecule has 0 spiro atoms. The van der Waals surface area contributed by atoms with Crippen LogP contribution in [-0.2, 0) is 11.3 Å². The highest BCUT2D eigenvalue weighted by Gasteiger charge is 2.22. The molecular formula is C15H21N3O3. The highest BCUT2D eigenvalue weighted by Crippen LogP contribution is 2.11. The van der Waals surface area contributed by atoms with E-state index in [2.05, 4.69) is 11.0 Å². The van der Waals surface area contributed by atoms with Gasteiger partial charge >= 0.3 is 0 Å². The van der Waals surface area contributed by atoms with Crippen LogP contribution < -0.4 is 0 Å². The fourth-order valence-corrected chi connectivity index (χ4v) is 2.44. The van der Waals surface area contributed by atoms with Crippen LogP contribution in [0.4, 0.5) is 0 Å². The first-order valence-corrected chi connectivity index (χ1v) is 7.26. The van der Waals surface area contributed by atoms with Crippen molar-refractivity contribution >= 4 is 5.91 Å². The molecule has 6 heteroatoms. The topological polar surface area (TPSA) is 80.7 Å². The fourth-order valence-electron chi connectivity index (χ4n) is 2.44. The molecule has 0 bridgehead atoms. The minimum atomic E-state index is -0.242. The number of furan rings is 1. The van der Waals surface area contributed by atoms with E-state index in [1.165, 1.54) is 0 Å². The Morgan fingerprint density at radius 1 is 1.52 bits per heavy atom. The average Bonchev–Trinajstić information content (AvgIpc) is 2.98. The van der Waals surface area contributed by atoms with E-state index >= 15 is 0 Å². The molecule has 1 fully saturated rings. The second-order valence-electron chi connectivity index (χ2n) is 5.31. The average molecular weight is 291 g/mol. The van der Waals surface area contributed by atoms with Gasteiger partial charge in [0.2, 0.25) is 5.91 Å². The molecule has 1 N–H and O–H groups in total. The Labute approximate surface area is 124 Å². The number of nitriles is 1. The molecule has 0 saturated carbocycles. The van der Waals surface area contributed by atoms with Gasteiger partial charge in [-0.25, -0.2) is 0 Å². The summed E-state index contributed by atoms with van der Waals surface area (Å²) in [4.78, 5) is 16.1. The zero-order valence-electron chi connectivity index (χ0n) is 12.1. The first-order chi connectivity index (χ1) is 10.2. The number of carbonyl (C=O) groups excluding carboxylic acids is 1. The number of aliphatic hydroxyl groups excluding tert-OH is 1. The Bertz CT molecular complexity index is 473. The lowest BCUT2D eigenvalue weighted by molar-refractivity contribution is -0.133. The molecule has 1 aromatic rings. The van der Waals surface area contributed by atoms with Crippen molar-refractivity contribution in [3.63, 3.8) is 0 Å². The summed E-state index contributed by atoms with van der Waals surface area (Å²) in [5.41, 5.74) is 0. The highest BCUT2D eigenvalue weighted by atomic mass is 16.3. The number of rotatable bonds is 6. The molecular weight excluding hydrogens is 270 g/mol. The SMILES string of the molecule is N#CCCN(Cc1ccco1)C(=O)CN1CCC(O)CC1. The predicted molar refractivity (Wildman–Crippen MR) is 76.0 cm³/mol. The second-order valence-corrected chi connectivity index (χ2v) is 5.31. The van der Waals surface area contributed by atoms with Crippen LogP contribution in [0.25, 0.3) is 0 Å². The van der Waals surface area contributed by atoms with Crippen LogP contribution in [0.2, 0.25) is 0 Å². The van der Waals surface area contributed by atoms with Gasteiger partial charge in [0.1, 0.15) is 5.76 Å². The van der Waals surface area contributed by atoms with Crippen molar-refractivity contribution < 1.29 is 14.3 Å². The zero-order valence-corrected chi connectivity index (χ0v) is 12.1. The van der Waals surface area contributed by atoms with Crippen molar-refractivity contribution in [1.82, 2.24) is 9.80 Å². The third-order valence-corrected chi connectivity index (χ3v) is 3.69. The maximum absolute atomic E-state index is 12.4. The molecule has 21 heavy (non-hydrogen) atoms. The van der Waals surface area contributed by atoms with Crippen LogP contribution in [0, 0.1) is 11.3 Å². The quantitative estimate of drug-likeness (QED) is 0.845. The van der Waals surface area contributed by atoms with Gasteiger partial charge in [0.25, 0.3) is 0 Å². The van der Waals surface area contributed by atoms with Crippen molar-refractivity contribution in [2.45, 2.75) is 31.9 Å². The van der Waals surface area contributed by atoms with Gasteiger partial charge in [-0.05, 0) is 25.0 Å². The minimum absolute atomic E-state index is 0.00182. The van der Waals surface area contributed by atoms with E-state index < -0.39 is 0 Å². The van der Waals surface area contributed by atoms with E-state index in [1.54, 1.807) is 17.2 Å². The first kappa shape index (κ1) is 15.5. The Morgan fingerprint density at radius 2 is 2.29 bits per heavy atom. The van der Waals surface area contributed by atoms with Crippen LogP contribution in [0.1, 0.15) is 25.0 Å². The van der Waals surface area contributed by atoms with Crippen molar-refractivity contribution in [1.29, 1.82) is 5.26 Å². The van der Waals surface area contributed by atoms with Crippen LogP contribution in [0.5, 0.6) is 0 Å². The number of carbonyl (C=O) groups is 1. The van der Waals surface area contributed by atoms with Crippen LogP contribution >= 0.6 is 0 Å². The van der Waals surface area contributed by atoms with Crippen molar-refractivity contribution in [2.75, 3.05) is 26.2 Å². The lowest BCUT2D eigenvalue weighted by Gasteiger charge is -2.31. The van der Waals surface area contributed by atoms with E-state index in [1.807, 2.05) is 6.07 Å². The van der Waals surface area contributed by atoms with Gasteiger partial charge in [-0.3, -0.25) is 9.69 Å². The van der Waals surface area contributed by atoms with E-state index in [4.69, 9.17) is 9.68 Å². The van der Waals surface area contributed by atoms with Gasteiger partial charge in [0, 0.05) is 19.6 Å². The predicted octanol–water partition coefficient (Wildman–Crippen LogP) is 0.979. The Morgan fingerprint density at radius 3 is 2.90 bits per heavy atom. The van der Waals surface area contributed by atoms with Gasteiger partial charge in [0.05, 0.1) is 37.9 Å². The second kappa shape index (κ2) is 7.81. The molecule has 1 aliphatic rings. The Hall–Kier alpha value is -1.84. The molecule has 6 nitrogen and oxygen atoms in total. The monoisotopic (exact) mass is 291 g/mol. The van der Waals surface area contributed by atoms with Gasteiger partial charge in [-0.15, -0.1) is 0 Å². The summed E-state index contributed by atoms with van der Waals surface area (Å²) in [7, 11) is 0. The number of likely N-dealkylation sites (tertiary alicyclic amines) is 1. The van der Waals surface area contributed by atoms with E-state index in [9.17, 15) is 9.90 Å². The number of nitrogens with zero attached hydrogens (tertiary/aromatic N) is 3. The molecule has 0 aromatic carbocycles. The third-order valence-electron chi connectivity index (χ3n) is 3.69. The van der Waals surface area contributed by atoms with Crippen molar-refractivity contribution in [2.24, 2.45) is 0 Å². The normalized spacial score (nSPS) is 16.6. The molecule has 0 radical (unpaired) electrons. The minimum Gasteiger partial charge on any atom is -0.467 e. The molecule has 2 heterocycles. The van der Waals surface area contributed by atoms with Gasteiger partial charge in [0.15, 0.2) is 0 Å². The van der Waals surface area contributed by atoms with Crippen LogP contribution in [0.3, 0.4) is 0 Å². The van der Waals surface area contributed by atoms with Gasteiger partial charge in [-0.1, -0.05) is 0 Å². The molecule has 0 unspecified atom stereocenters. The van der Waals surface area contributed by atoms with Crippen molar-refractivity contribution in [3.8, 4) is 6.07 Å². The number of amides is 1. The molecule has 1 aliphatic heterocycles. The third kappa shape index (κ3) is 4.88. The summed E-state index contributed by atoms with van der Waals surface area (Å²) in [6.07, 6.45) is 3.07. The largest absolute Gasteiger partial charge is 0.467 e. The van der Waals surface area contributed by atoms with E-state index in [0.717, 1.165) is 18.8 Å². The van der Waals surface area contributed by atoms with Gasteiger partial charge in [-0.2, -0.15) is 5.26 Å². The molecule has 0 aliphatic carbocycles. The molecule has 0 atom stereocenters. The molecule has 1 aromatic heterocycles. The number of hydrogen-bond donors (Lipinski definition) is 1. The maximum Gasteiger partial charge on any atom is 0.237 e. The molecule has 1 amide bonds. The Balaban J connectivity index is 1.89. The maximum atomic E-state index is 12.4. The lowest BCUT2D eigenvalue weighted by Crippen LogP contribution is -2.44. The fraction of sp³-hybridized carbons (Fsp3) is 0.600. The number of piperidine rings is 1. The summed E-state index contributed by atoms with van der Waals surface area (Å²) >= 11 is 0. The van der Waals surface area contributed by atoms with E-state index in [-0.39, 0.29) is 12.0 Å². The summed E-state index contributed by atoms with van der Waals surface area (Å²) in [5.74, 6) is 0.716. The Kier molecular flexibility index (Phi) is 5.78. The first-order valence-electron chi connectivity index (χ1n) is 7.26. The summed E-state index contributed by atoms with van der Waals surface area (Å²) in [5, 5.41) is 18.2. The smallest absolute Gasteiger partial charge is 0.237 e. The standard InChI is InChI=1S/C15H21N3O3/c16-6-2-7-18(11-14-3-1-10-21-14)15(20)12-17-8-4-13(19)5-9-17/h1,3,10,13,19H,2,4-5,7-9,11-12H2. The van der Waals surface area contributed by atoms with E-state index in [0.29, 0.717) is 38.9 Å². The summed E-state index contributed by atoms with van der Waals surface area (Å²) < 4.78 is 5.27. The zero-order chi connectivity index (χ0) is 15.1. The molecule has 2 rings (SSSR count). The number of aliphatic hydroxyl groups is 1. The van der Waals surface area contributed by atoms with Crippen molar-refractivity contribution in [3.05, 3.63) is 24.2 Å². The van der Waals surface area contributed by atoms with Gasteiger partial charge < -0.3 is 14.4 Å². The highest BCUT2D eigenvalue weighted by molar-refractivity contribution is 5.78. The van der Waals surface area contributed by atoms with Crippen LogP contribution in [0.15, 0.2) is 22.8 Å². The van der Waals surface area contributed by atoms with Crippen LogP contribution in [-0.4, -0.2) is 53.1 Å².